The van der Waals surface area contributed by atoms with E-state index in [9.17, 15) is 4.79 Å². The number of nitrogens with zero attached hydrogens (tertiary/aromatic N) is 1. The van der Waals surface area contributed by atoms with Crippen LogP contribution in [0.4, 0.5) is 0 Å². The van der Waals surface area contributed by atoms with Crippen LogP contribution in [0.3, 0.4) is 0 Å². The molecule has 0 radical (unpaired) electrons. The fourth-order valence-corrected chi connectivity index (χ4v) is 1.43. The number of hydrogen-bond acceptors (Lipinski definition) is 3. The van der Waals surface area contributed by atoms with Gasteiger partial charge in [0.2, 0.25) is 0 Å². The molecule has 1 aromatic rings. The molecular weight excluding hydrogens is 269 g/mol. The molecule has 0 bridgehead atoms. The van der Waals surface area contributed by atoms with E-state index in [1.807, 2.05) is 0 Å². The van der Waals surface area contributed by atoms with Crippen LogP contribution in [0.15, 0.2) is 16.6 Å². The van der Waals surface area contributed by atoms with Gasteiger partial charge in [-0.15, -0.1) is 11.6 Å². The third kappa shape index (κ3) is 2.69. The molecule has 0 saturated heterocycles. The van der Waals surface area contributed by atoms with E-state index in [0.29, 0.717) is 16.8 Å². The van der Waals surface area contributed by atoms with Crippen molar-refractivity contribution in [2.24, 2.45) is 0 Å². The summed E-state index contributed by atoms with van der Waals surface area (Å²) in [6.07, 6.45) is 0. The average Bonchev–Trinajstić information content (AvgIpc) is 2.19. The summed E-state index contributed by atoms with van der Waals surface area (Å²) in [6.45, 7) is 2.08. The highest BCUT2D eigenvalue weighted by molar-refractivity contribution is 9.10. The Labute approximate surface area is 95.6 Å². The lowest BCUT2D eigenvalue weighted by atomic mass is 10.3. The van der Waals surface area contributed by atoms with Crippen LogP contribution in [0.5, 0.6) is 0 Å². The number of ether oxygens (including phenoxy) is 1. The van der Waals surface area contributed by atoms with E-state index < -0.39 is 5.97 Å². The summed E-state index contributed by atoms with van der Waals surface area (Å²) in [5.74, 6) is -0.161. The maximum absolute atomic E-state index is 11.4. The summed E-state index contributed by atoms with van der Waals surface area (Å²) in [7, 11) is 0. The van der Waals surface area contributed by atoms with Crippen LogP contribution in [-0.2, 0) is 10.6 Å². The summed E-state index contributed by atoms with van der Waals surface area (Å²) in [5, 5.41) is 0. The van der Waals surface area contributed by atoms with Crippen LogP contribution in [0.25, 0.3) is 0 Å². The first-order valence-corrected chi connectivity index (χ1v) is 5.40. The summed E-state index contributed by atoms with van der Waals surface area (Å²) in [6, 6.07) is 3.48. The van der Waals surface area contributed by atoms with Gasteiger partial charge in [0, 0.05) is 0 Å². The van der Waals surface area contributed by atoms with Crippen LogP contribution in [-0.4, -0.2) is 17.6 Å². The van der Waals surface area contributed by atoms with E-state index in [2.05, 4.69) is 20.9 Å². The molecule has 5 heteroatoms. The van der Waals surface area contributed by atoms with Gasteiger partial charge < -0.3 is 4.74 Å². The molecule has 0 spiro atoms. The highest BCUT2D eigenvalue weighted by atomic mass is 79.9. The third-order valence-electron chi connectivity index (χ3n) is 1.51. The first-order chi connectivity index (χ1) is 6.69. The van der Waals surface area contributed by atoms with Crippen molar-refractivity contribution in [1.82, 2.24) is 4.98 Å². The van der Waals surface area contributed by atoms with Crippen LogP contribution >= 0.6 is 27.5 Å². The Balaban J connectivity index is 2.99. The number of alkyl halides is 1. The normalized spacial score (nSPS) is 9.93. The number of rotatable bonds is 3. The Morgan fingerprint density at radius 2 is 2.36 bits per heavy atom. The van der Waals surface area contributed by atoms with Gasteiger partial charge in [-0.3, -0.25) is 0 Å². The zero-order chi connectivity index (χ0) is 10.6. The van der Waals surface area contributed by atoms with Crippen molar-refractivity contribution in [2.45, 2.75) is 12.8 Å². The minimum Gasteiger partial charge on any atom is -0.461 e. The predicted molar refractivity (Wildman–Crippen MR) is 57.5 cm³/mol. The molecule has 3 nitrogen and oxygen atoms in total. The molecule has 0 fully saturated rings. The second kappa shape index (κ2) is 5.32. The second-order valence-corrected chi connectivity index (χ2v) is 3.61. The number of carbonyl (C=O) groups excluding carboxylic acids is 1. The smallest absolute Gasteiger partial charge is 0.358 e. The molecule has 1 rings (SSSR count). The van der Waals surface area contributed by atoms with E-state index >= 15 is 0 Å². The zero-order valence-corrected chi connectivity index (χ0v) is 9.93. The largest absolute Gasteiger partial charge is 0.461 e. The van der Waals surface area contributed by atoms with Crippen molar-refractivity contribution in [3.63, 3.8) is 0 Å². The molecule has 0 N–H and O–H groups in total. The molecule has 0 saturated carbocycles. The van der Waals surface area contributed by atoms with E-state index in [1.165, 1.54) is 0 Å². The molecule has 0 aromatic carbocycles. The van der Waals surface area contributed by atoms with Crippen molar-refractivity contribution < 1.29 is 9.53 Å². The molecule has 0 atom stereocenters. The standard InChI is InChI=1S/C9H9BrClNO2/c1-2-14-9(13)8-7(10)4-3-6(5-11)12-8/h3-4H,2,5H2,1H3. The van der Waals surface area contributed by atoms with Crippen molar-refractivity contribution in [3.8, 4) is 0 Å². The van der Waals surface area contributed by atoms with Gasteiger partial charge in [0.15, 0.2) is 5.69 Å². The van der Waals surface area contributed by atoms with Gasteiger partial charge in [0.1, 0.15) is 0 Å². The highest BCUT2D eigenvalue weighted by Crippen LogP contribution is 2.16. The van der Waals surface area contributed by atoms with Gasteiger partial charge in [-0.05, 0) is 35.0 Å². The van der Waals surface area contributed by atoms with E-state index in [4.69, 9.17) is 16.3 Å². The Kier molecular flexibility index (Phi) is 4.35. The van der Waals surface area contributed by atoms with E-state index in [0.717, 1.165) is 0 Å². The second-order valence-electron chi connectivity index (χ2n) is 2.49. The number of carbonyl (C=O) groups is 1. The maximum Gasteiger partial charge on any atom is 0.358 e. The first-order valence-electron chi connectivity index (χ1n) is 4.07. The summed E-state index contributed by atoms with van der Waals surface area (Å²) < 4.78 is 5.45. The Bertz CT molecular complexity index is 344. The molecule has 1 heterocycles. The molecule has 0 amide bonds. The molecule has 0 aliphatic heterocycles. The molecule has 1 aromatic heterocycles. The minimum atomic E-state index is -0.439. The van der Waals surface area contributed by atoms with Crippen molar-refractivity contribution >= 4 is 33.5 Å². The number of halogens is 2. The third-order valence-corrected chi connectivity index (χ3v) is 2.42. The SMILES string of the molecule is CCOC(=O)c1nc(CCl)ccc1Br. The quantitative estimate of drug-likeness (QED) is 0.630. The lowest BCUT2D eigenvalue weighted by Gasteiger charge is -2.04. The van der Waals surface area contributed by atoms with E-state index in [-0.39, 0.29) is 11.6 Å². The van der Waals surface area contributed by atoms with Crippen LogP contribution < -0.4 is 0 Å². The summed E-state index contributed by atoms with van der Waals surface area (Å²) >= 11 is 8.83. The molecule has 76 valence electrons. The highest BCUT2D eigenvalue weighted by Gasteiger charge is 2.13. The zero-order valence-electron chi connectivity index (χ0n) is 7.59. The van der Waals surface area contributed by atoms with Gasteiger partial charge >= 0.3 is 5.97 Å². The fourth-order valence-electron chi connectivity index (χ4n) is 0.900. The van der Waals surface area contributed by atoms with Gasteiger partial charge in [-0.25, -0.2) is 9.78 Å². The molecular formula is C9H9BrClNO2. The summed E-state index contributed by atoms with van der Waals surface area (Å²) in [4.78, 5) is 15.4. The van der Waals surface area contributed by atoms with Gasteiger partial charge in [-0.1, -0.05) is 0 Å². The molecule has 0 unspecified atom stereocenters. The van der Waals surface area contributed by atoms with Crippen LogP contribution in [0, 0.1) is 0 Å². The van der Waals surface area contributed by atoms with Gasteiger partial charge in [0.05, 0.1) is 22.7 Å². The monoisotopic (exact) mass is 277 g/mol. The Hall–Kier alpha value is -0.610. The number of hydrogen-bond donors (Lipinski definition) is 0. The fraction of sp³-hybridized carbons (Fsp3) is 0.333. The van der Waals surface area contributed by atoms with Crippen molar-refractivity contribution in [1.29, 1.82) is 0 Å². The summed E-state index contributed by atoms with van der Waals surface area (Å²) in [5.41, 5.74) is 0.919. The number of esters is 1. The van der Waals surface area contributed by atoms with Gasteiger partial charge in [-0.2, -0.15) is 0 Å². The van der Waals surface area contributed by atoms with Crippen molar-refractivity contribution in [3.05, 3.63) is 28.0 Å². The number of pyridine rings is 1. The Morgan fingerprint density at radius 3 is 2.93 bits per heavy atom. The number of aromatic nitrogens is 1. The Morgan fingerprint density at radius 1 is 1.64 bits per heavy atom. The van der Waals surface area contributed by atoms with Crippen LogP contribution in [0.1, 0.15) is 23.1 Å². The minimum absolute atomic E-state index is 0.269. The van der Waals surface area contributed by atoms with Crippen LogP contribution in [0.2, 0.25) is 0 Å². The first kappa shape index (κ1) is 11.5. The van der Waals surface area contributed by atoms with Gasteiger partial charge in [0.25, 0.3) is 0 Å². The lowest BCUT2D eigenvalue weighted by Crippen LogP contribution is -2.09. The molecule has 0 aliphatic rings. The maximum atomic E-state index is 11.4. The average molecular weight is 279 g/mol. The molecule has 14 heavy (non-hydrogen) atoms. The van der Waals surface area contributed by atoms with Crippen molar-refractivity contribution in [2.75, 3.05) is 6.61 Å². The predicted octanol–water partition coefficient (Wildman–Crippen LogP) is 2.76. The topological polar surface area (TPSA) is 39.2 Å². The van der Waals surface area contributed by atoms with E-state index in [1.54, 1.807) is 19.1 Å². The molecule has 0 aliphatic carbocycles. The lowest BCUT2D eigenvalue weighted by molar-refractivity contribution is 0.0518.